The second-order valence-corrected chi connectivity index (χ2v) is 5.87. The molecule has 2 nitrogen and oxygen atoms in total. The van der Waals surface area contributed by atoms with Gasteiger partial charge >= 0.3 is 0 Å². The van der Waals surface area contributed by atoms with E-state index in [9.17, 15) is 0 Å². The minimum atomic E-state index is -0.360. The van der Waals surface area contributed by atoms with E-state index in [2.05, 4.69) is 28.7 Å². The Balaban J connectivity index is 1.92. The summed E-state index contributed by atoms with van der Waals surface area (Å²) in [6.07, 6.45) is 4.26. The summed E-state index contributed by atoms with van der Waals surface area (Å²) in [7, 11) is 0. The smallest absolute Gasteiger partial charge is 0.163 e. The van der Waals surface area contributed by atoms with Gasteiger partial charge in [-0.1, -0.05) is 6.08 Å². The van der Waals surface area contributed by atoms with Crippen molar-refractivity contribution in [1.29, 1.82) is 0 Å². The quantitative estimate of drug-likeness (QED) is 0.639. The van der Waals surface area contributed by atoms with Gasteiger partial charge in [0.15, 0.2) is 5.79 Å². The van der Waals surface area contributed by atoms with Gasteiger partial charge in [-0.2, -0.15) is 0 Å². The summed E-state index contributed by atoms with van der Waals surface area (Å²) >= 11 is 2.44. The van der Waals surface area contributed by atoms with Gasteiger partial charge in [0, 0.05) is 11.8 Å². The minimum absolute atomic E-state index is 0.330. The van der Waals surface area contributed by atoms with E-state index in [-0.39, 0.29) is 5.79 Å². The Hall–Kier alpha value is 0.390. The maximum atomic E-state index is 5.91. The van der Waals surface area contributed by atoms with Crippen molar-refractivity contribution in [1.82, 2.24) is 0 Å². The summed E-state index contributed by atoms with van der Waals surface area (Å²) in [6, 6.07) is 0. The van der Waals surface area contributed by atoms with Crippen LogP contribution in [0.2, 0.25) is 0 Å². The molecule has 2 bridgehead atoms. The lowest BCUT2D eigenvalue weighted by Crippen LogP contribution is -2.27. The van der Waals surface area contributed by atoms with E-state index in [4.69, 9.17) is 9.47 Å². The average molecular weight is 292 g/mol. The van der Waals surface area contributed by atoms with Crippen LogP contribution in [-0.4, -0.2) is 18.0 Å². The van der Waals surface area contributed by atoms with Gasteiger partial charge in [0.2, 0.25) is 0 Å². The first-order valence-electron chi connectivity index (χ1n) is 4.80. The number of fused-ring (bicyclic) bond motifs is 5. The summed E-state index contributed by atoms with van der Waals surface area (Å²) in [5.74, 6) is 0.877. The lowest BCUT2D eigenvalue weighted by molar-refractivity contribution is -0.156. The Morgan fingerprint density at radius 2 is 2.08 bits per heavy atom. The van der Waals surface area contributed by atoms with E-state index >= 15 is 0 Å². The van der Waals surface area contributed by atoms with E-state index in [1.54, 1.807) is 0 Å². The number of hydrogen-bond acceptors (Lipinski definition) is 2. The lowest BCUT2D eigenvalue weighted by atomic mass is 10.0. The van der Waals surface area contributed by atoms with Gasteiger partial charge < -0.3 is 9.47 Å². The second kappa shape index (κ2) is 2.49. The van der Waals surface area contributed by atoms with Gasteiger partial charge in [0.05, 0.1) is 12.2 Å². The molecule has 0 spiro atoms. The van der Waals surface area contributed by atoms with Gasteiger partial charge in [0.1, 0.15) is 0 Å². The van der Waals surface area contributed by atoms with Crippen LogP contribution in [-0.2, 0) is 9.47 Å². The van der Waals surface area contributed by atoms with Gasteiger partial charge in [-0.3, -0.25) is 0 Å². The molecule has 0 aromatic carbocycles. The van der Waals surface area contributed by atoms with Crippen LogP contribution in [0.15, 0.2) is 9.66 Å². The molecule has 0 aromatic rings. The van der Waals surface area contributed by atoms with Gasteiger partial charge in [-0.15, -0.1) is 0 Å². The van der Waals surface area contributed by atoms with Crippen LogP contribution in [0.5, 0.6) is 0 Å². The van der Waals surface area contributed by atoms with Crippen LogP contribution in [0.3, 0.4) is 0 Å². The number of hydrogen-bond donors (Lipinski definition) is 0. The molecule has 3 aliphatic rings. The molecule has 0 amide bonds. The van der Waals surface area contributed by atoms with Crippen molar-refractivity contribution in [3.05, 3.63) is 9.66 Å². The van der Waals surface area contributed by atoms with Crippen LogP contribution in [0, 0.1) is 11.8 Å². The fourth-order valence-electron chi connectivity index (χ4n) is 2.78. The maximum absolute atomic E-state index is 5.91. The van der Waals surface area contributed by atoms with E-state index in [0.717, 1.165) is 0 Å². The molecule has 1 heterocycles. The van der Waals surface area contributed by atoms with Gasteiger partial charge in [-0.25, -0.2) is 0 Å². The zero-order valence-electron chi connectivity index (χ0n) is 7.79. The van der Waals surface area contributed by atoms with Crippen LogP contribution in [0.4, 0.5) is 0 Å². The fraction of sp³-hybridized carbons (Fsp3) is 0.800. The molecule has 4 atom stereocenters. The van der Waals surface area contributed by atoms with Crippen LogP contribution in [0.25, 0.3) is 0 Å². The molecular weight excluding hydrogens is 279 g/mol. The van der Waals surface area contributed by atoms with Crippen molar-refractivity contribution in [2.45, 2.75) is 38.3 Å². The van der Waals surface area contributed by atoms with Crippen molar-refractivity contribution in [3.63, 3.8) is 0 Å². The topological polar surface area (TPSA) is 18.5 Å². The van der Waals surface area contributed by atoms with Crippen LogP contribution < -0.4 is 0 Å². The van der Waals surface area contributed by atoms with Crippen LogP contribution in [0.1, 0.15) is 20.3 Å². The van der Waals surface area contributed by atoms with Crippen LogP contribution >= 0.6 is 22.6 Å². The molecule has 1 saturated carbocycles. The van der Waals surface area contributed by atoms with E-state index < -0.39 is 0 Å². The summed E-state index contributed by atoms with van der Waals surface area (Å²) in [5.41, 5.74) is 0. The highest BCUT2D eigenvalue weighted by molar-refractivity contribution is 14.1. The van der Waals surface area contributed by atoms with Gasteiger partial charge in [0.25, 0.3) is 0 Å². The van der Waals surface area contributed by atoms with Crippen molar-refractivity contribution in [2.24, 2.45) is 11.8 Å². The molecule has 0 N–H and O–H groups in total. The van der Waals surface area contributed by atoms with Crippen molar-refractivity contribution in [2.75, 3.05) is 0 Å². The normalized spacial score (nSPS) is 50.8. The third-order valence-electron chi connectivity index (χ3n) is 3.24. The van der Waals surface area contributed by atoms with Gasteiger partial charge in [-0.05, 0) is 46.4 Å². The predicted molar refractivity (Wildman–Crippen MR) is 57.5 cm³/mol. The molecular formula is C10H13IO2. The maximum Gasteiger partial charge on any atom is 0.163 e. The highest BCUT2D eigenvalue weighted by Crippen LogP contribution is 2.53. The van der Waals surface area contributed by atoms with E-state index in [0.29, 0.717) is 24.0 Å². The number of ether oxygens (including phenoxy) is 2. The Labute approximate surface area is 91.8 Å². The summed E-state index contributed by atoms with van der Waals surface area (Å²) in [4.78, 5) is 0. The Morgan fingerprint density at radius 1 is 1.38 bits per heavy atom. The molecule has 1 aliphatic heterocycles. The van der Waals surface area contributed by atoms with E-state index in [1.807, 2.05) is 13.8 Å². The Morgan fingerprint density at radius 3 is 2.85 bits per heavy atom. The fourth-order valence-corrected chi connectivity index (χ4v) is 3.85. The van der Waals surface area contributed by atoms with Crippen molar-refractivity contribution < 1.29 is 9.47 Å². The summed E-state index contributed by atoms with van der Waals surface area (Å²) in [6.45, 7) is 4.02. The molecule has 0 unspecified atom stereocenters. The lowest BCUT2D eigenvalue weighted by Gasteiger charge is -2.20. The molecule has 3 rings (SSSR count). The highest BCUT2D eigenvalue weighted by Gasteiger charge is 2.56. The van der Waals surface area contributed by atoms with Crippen molar-refractivity contribution >= 4 is 22.6 Å². The molecule has 3 heteroatoms. The third kappa shape index (κ3) is 1.13. The minimum Gasteiger partial charge on any atom is -0.344 e. The molecule has 0 aromatic heterocycles. The summed E-state index contributed by atoms with van der Waals surface area (Å²) < 4.78 is 13.3. The number of rotatable bonds is 0. The largest absolute Gasteiger partial charge is 0.344 e. The molecule has 0 radical (unpaired) electrons. The Kier molecular flexibility index (Phi) is 1.66. The first-order valence-corrected chi connectivity index (χ1v) is 5.87. The SMILES string of the molecule is CC1(C)O[C@@H]2[C@H](O1)[C@H]1C=C(I)[C@@H]2C1. The van der Waals surface area contributed by atoms with E-state index in [1.165, 1.54) is 10.0 Å². The standard InChI is InChI=1S/C10H13IO2/c1-10(2)12-8-5-3-6(7(11)4-5)9(8)13-10/h4-6,8-9H,3H2,1-2H3/t5-,6+,8-,9+/m1/s1. The molecule has 1 saturated heterocycles. The number of halogens is 1. The summed E-state index contributed by atoms with van der Waals surface area (Å²) in [5, 5.41) is 0. The molecule has 2 aliphatic carbocycles. The third-order valence-corrected chi connectivity index (χ3v) is 4.40. The molecule has 2 fully saturated rings. The molecule has 13 heavy (non-hydrogen) atoms. The average Bonchev–Trinajstić information content (AvgIpc) is 2.56. The zero-order valence-corrected chi connectivity index (χ0v) is 9.95. The zero-order chi connectivity index (χ0) is 9.22. The highest BCUT2D eigenvalue weighted by atomic mass is 127. The monoisotopic (exact) mass is 292 g/mol. The first-order chi connectivity index (χ1) is 6.07. The Bertz CT molecular complexity index is 285. The predicted octanol–water partition coefficient (Wildman–Crippen LogP) is 2.48. The molecule has 72 valence electrons. The second-order valence-electron chi connectivity index (χ2n) is 4.62. The first kappa shape index (κ1) is 8.68. The van der Waals surface area contributed by atoms with Crippen molar-refractivity contribution in [3.8, 4) is 0 Å².